The molecule has 0 aliphatic carbocycles. The third kappa shape index (κ3) is 11.4. The second-order valence-corrected chi connectivity index (χ2v) is 13.2. The van der Waals surface area contributed by atoms with Gasteiger partial charge in [0.1, 0.15) is 0 Å². The summed E-state index contributed by atoms with van der Waals surface area (Å²) in [5.74, 6) is -0.0790. The van der Waals surface area contributed by atoms with Crippen LogP contribution in [0.5, 0.6) is 0 Å². The van der Waals surface area contributed by atoms with Crippen LogP contribution < -0.4 is 16.4 Å². The third-order valence-corrected chi connectivity index (χ3v) is 9.05. The Morgan fingerprint density at radius 2 is 1.59 bits per heavy atom. The quantitative estimate of drug-likeness (QED) is 0.0521. The number of nitrogens with one attached hydrogen (secondary N) is 2. The van der Waals surface area contributed by atoms with E-state index < -0.39 is 6.29 Å². The van der Waals surface area contributed by atoms with Gasteiger partial charge in [0.25, 0.3) is 0 Å². The lowest BCUT2D eigenvalue weighted by Crippen LogP contribution is -2.37. The maximum absolute atomic E-state index is 12.5. The van der Waals surface area contributed by atoms with Gasteiger partial charge in [0.15, 0.2) is 6.29 Å². The molecular weight excluding hydrogens is 640 g/mol. The molecule has 3 atom stereocenters. The molecular formula is C42H50N4O5. The van der Waals surface area contributed by atoms with Gasteiger partial charge in [-0.2, -0.15) is 0 Å². The average molecular weight is 691 g/mol. The Hall–Kier alpha value is -4.80. The number of nitrogen functional groups attached to an aromatic ring is 1. The predicted molar refractivity (Wildman–Crippen MR) is 202 cm³/mol. The number of unbranched alkanes of at least 4 members (excludes halogenated alkanes) is 2. The minimum atomic E-state index is -0.523. The number of hydrogen-bond acceptors (Lipinski definition) is 7. The van der Waals surface area contributed by atoms with Gasteiger partial charge in [-0.05, 0) is 65.9 Å². The molecule has 0 saturated carbocycles. The van der Waals surface area contributed by atoms with Gasteiger partial charge < -0.3 is 35.8 Å². The lowest BCUT2D eigenvalue weighted by Gasteiger charge is -2.37. The van der Waals surface area contributed by atoms with Crippen LogP contribution in [0.1, 0.15) is 73.2 Å². The number of nitrogens with two attached hydrogens (primary N) is 1. The number of aliphatic hydroxyl groups excluding tert-OH is 1. The van der Waals surface area contributed by atoms with Crippen LogP contribution in [0, 0.1) is 0 Å². The van der Waals surface area contributed by atoms with E-state index in [9.17, 15) is 14.7 Å². The molecule has 1 saturated heterocycles. The highest BCUT2D eigenvalue weighted by Gasteiger charge is 2.32. The van der Waals surface area contributed by atoms with Gasteiger partial charge in [0, 0.05) is 44.5 Å². The second-order valence-electron chi connectivity index (χ2n) is 13.2. The van der Waals surface area contributed by atoms with Crippen molar-refractivity contribution in [3.63, 3.8) is 0 Å². The summed E-state index contributed by atoms with van der Waals surface area (Å²) in [6.45, 7) is 5.84. The first-order chi connectivity index (χ1) is 24.8. The van der Waals surface area contributed by atoms with Crippen LogP contribution in [-0.4, -0.2) is 48.1 Å². The van der Waals surface area contributed by atoms with E-state index in [2.05, 4.69) is 65.6 Å². The molecule has 5 rings (SSSR count). The lowest BCUT2D eigenvalue weighted by molar-refractivity contribution is -0.252. The summed E-state index contributed by atoms with van der Waals surface area (Å²) in [7, 11) is 2.06. The van der Waals surface area contributed by atoms with Crippen molar-refractivity contribution in [3.8, 4) is 11.1 Å². The molecule has 4 aromatic carbocycles. The van der Waals surface area contributed by atoms with E-state index >= 15 is 0 Å². The van der Waals surface area contributed by atoms with E-state index in [-0.39, 0.29) is 30.6 Å². The Kier molecular flexibility index (Phi) is 13.9. The lowest BCUT2D eigenvalue weighted by atomic mass is 9.99. The maximum atomic E-state index is 12.5. The van der Waals surface area contributed by atoms with Crippen LogP contribution in [0.15, 0.2) is 110 Å². The van der Waals surface area contributed by atoms with Gasteiger partial charge in [0.2, 0.25) is 11.8 Å². The van der Waals surface area contributed by atoms with Crippen molar-refractivity contribution in [2.24, 2.45) is 0 Å². The van der Waals surface area contributed by atoms with Gasteiger partial charge in [-0.25, -0.2) is 0 Å². The Bertz CT molecular complexity index is 1730. The van der Waals surface area contributed by atoms with E-state index in [0.717, 1.165) is 65.7 Å². The number of hydrogen-bond donors (Lipinski definition) is 4. The van der Waals surface area contributed by atoms with Crippen LogP contribution in [0.2, 0.25) is 0 Å². The topological polar surface area (TPSA) is 126 Å². The summed E-state index contributed by atoms with van der Waals surface area (Å²) in [6, 6.07) is 31.5. The number of carbonyl (C=O) groups is 2. The molecule has 3 unspecified atom stereocenters. The van der Waals surface area contributed by atoms with Gasteiger partial charge in [-0.3, -0.25) is 9.59 Å². The molecule has 9 nitrogen and oxygen atoms in total. The summed E-state index contributed by atoms with van der Waals surface area (Å²) in [5.41, 5.74) is 13.1. The van der Waals surface area contributed by atoms with E-state index in [1.54, 1.807) is 12.1 Å². The molecule has 4 aromatic rings. The number of rotatable bonds is 17. The molecule has 1 aliphatic heterocycles. The highest BCUT2D eigenvalue weighted by Crippen LogP contribution is 2.38. The molecule has 5 N–H and O–H groups in total. The minimum absolute atomic E-state index is 0.00428. The standard InChI is InChI=1S/C42H50N4O5/c1-3-24-46(2)28-36-26-39(33-18-16-30(29-47)17-19-33)51-42(50-36)34-22-20-32(21-23-34)35-11-9-10-31(25-35)27-44-40(48)14-5-4-6-15-41(49)45-38-13-8-7-12-37(38)43/h3,7-13,16-23,25,36,39,42,47H,1,4-6,14-15,24,26-29,43H2,2H3,(H,44,48)(H,45,49). The number of amides is 2. The summed E-state index contributed by atoms with van der Waals surface area (Å²) in [5, 5.41) is 15.4. The fourth-order valence-corrected chi connectivity index (χ4v) is 6.23. The molecule has 2 amide bonds. The minimum Gasteiger partial charge on any atom is -0.397 e. The van der Waals surface area contributed by atoms with Gasteiger partial charge in [0.05, 0.1) is 30.2 Å². The molecule has 0 spiro atoms. The van der Waals surface area contributed by atoms with Crippen LogP contribution in [-0.2, 0) is 32.2 Å². The van der Waals surface area contributed by atoms with Crippen molar-refractivity contribution in [2.45, 2.75) is 70.2 Å². The maximum Gasteiger partial charge on any atom is 0.224 e. The number of anilines is 2. The Balaban J connectivity index is 1.11. The van der Waals surface area contributed by atoms with Gasteiger partial charge in [-0.15, -0.1) is 6.58 Å². The summed E-state index contributed by atoms with van der Waals surface area (Å²) < 4.78 is 13.0. The van der Waals surface area contributed by atoms with Crippen molar-refractivity contribution in [2.75, 3.05) is 31.2 Å². The SMILES string of the molecule is C=CCN(C)CC1CC(c2ccc(CO)cc2)OC(c2ccc(-c3cccc(CNC(=O)CCCCCC(=O)Nc4ccccc4N)c3)cc2)O1. The zero-order chi connectivity index (χ0) is 36.0. The van der Waals surface area contributed by atoms with Gasteiger partial charge in [-0.1, -0.05) is 91.4 Å². The van der Waals surface area contributed by atoms with Gasteiger partial charge >= 0.3 is 0 Å². The highest BCUT2D eigenvalue weighted by molar-refractivity contribution is 5.93. The van der Waals surface area contributed by atoms with Crippen molar-refractivity contribution in [1.82, 2.24) is 10.2 Å². The normalized spacial score (nSPS) is 17.2. The van der Waals surface area contributed by atoms with Crippen LogP contribution in [0.25, 0.3) is 11.1 Å². The molecule has 51 heavy (non-hydrogen) atoms. The molecule has 1 heterocycles. The van der Waals surface area contributed by atoms with E-state index in [0.29, 0.717) is 37.2 Å². The summed E-state index contributed by atoms with van der Waals surface area (Å²) in [6.07, 6.45) is 4.94. The molecule has 268 valence electrons. The number of carbonyl (C=O) groups excluding carboxylic acids is 2. The zero-order valence-electron chi connectivity index (χ0n) is 29.4. The number of para-hydroxylation sites is 2. The average Bonchev–Trinajstić information content (AvgIpc) is 3.15. The molecule has 0 radical (unpaired) electrons. The van der Waals surface area contributed by atoms with E-state index in [4.69, 9.17) is 15.2 Å². The van der Waals surface area contributed by atoms with Crippen molar-refractivity contribution in [1.29, 1.82) is 0 Å². The molecule has 1 fully saturated rings. The third-order valence-electron chi connectivity index (χ3n) is 9.05. The number of ether oxygens (including phenoxy) is 2. The second kappa shape index (κ2) is 19.0. The largest absolute Gasteiger partial charge is 0.397 e. The zero-order valence-corrected chi connectivity index (χ0v) is 29.4. The highest BCUT2D eigenvalue weighted by atomic mass is 16.7. The molecule has 9 heteroatoms. The number of aliphatic hydroxyl groups is 1. The molecule has 0 aromatic heterocycles. The Labute approximate surface area is 301 Å². The summed E-state index contributed by atoms with van der Waals surface area (Å²) >= 11 is 0. The van der Waals surface area contributed by atoms with Crippen molar-refractivity contribution in [3.05, 3.63) is 132 Å². The van der Waals surface area contributed by atoms with Crippen LogP contribution in [0.3, 0.4) is 0 Å². The first-order valence-electron chi connectivity index (χ1n) is 17.7. The Morgan fingerprint density at radius 1 is 0.863 bits per heavy atom. The van der Waals surface area contributed by atoms with E-state index in [1.165, 1.54) is 0 Å². The van der Waals surface area contributed by atoms with Crippen LogP contribution >= 0.6 is 0 Å². The van der Waals surface area contributed by atoms with Crippen molar-refractivity contribution >= 4 is 23.2 Å². The smallest absolute Gasteiger partial charge is 0.224 e. The number of benzene rings is 4. The predicted octanol–water partition coefficient (Wildman–Crippen LogP) is 7.30. The van der Waals surface area contributed by atoms with Crippen LogP contribution in [0.4, 0.5) is 11.4 Å². The fraction of sp³-hybridized carbons (Fsp3) is 0.333. The first-order valence-corrected chi connectivity index (χ1v) is 17.7. The van der Waals surface area contributed by atoms with E-state index in [1.807, 2.05) is 54.6 Å². The monoisotopic (exact) mass is 690 g/mol. The fourth-order valence-electron chi connectivity index (χ4n) is 6.23. The molecule has 0 bridgehead atoms. The number of nitrogens with zero attached hydrogens (tertiary/aromatic N) is 1. The molecule has 1 aliphatic rings. The first kappa shape index (κ1) is 37.5. The summed E-state index contributed by atoms with van der Waals surface area (Å²) in [4.78, 5) is 27.0. The number of likely N-dealkylation sites (N-methyl/N-ethyl adjacent to an activating group) is 1. The van der Waals surface area contributed by atoms with Crippen molar-refractivity contribution < 1.29 is 24.2 Å². The Morgan fingerprint density at radius 3 is 2.31 bits per heavy atom.